The second-order valence-electron chi connectivity index (χ2n) is 4.65. The molecule has 2 amide bonds. The molecule has 98 valence electrons. The van der Waals surface area contributed by atoms with Gasteiger partial charge in [0, 0.05) is 38.4 Å². The van der Waals surface area contributed by atoms with Crippen molar-refractivity contribution in [3.63, 3.8) is 0 Å². The van der Waals surface area contributed by atoms with Crippen molar-refractivity contribution in [2.45, 2.75) is 6.92 Å². The molecule has 2 rings (SSSR count). The summed E-state index contributed by atoms with van der Waals surface area (Å²) in [5, 5.41) is 0. The van der Waals surface area contributed by atoms with E-state index in [0.717, 1.165) is 31.9 Å². The van der Waals surface area contributed by atoms with Crippen LogP contribution in [0.15, 0.2) is 30.3 Å². The Morgan fingerprint density at radius 3 is 2.33 bits per heavy atom. The molecule has 1 aromatic carbocycles. The van der Waals surface area contributed by atoms with E-state index in [1.807, 2.05) is 47.1 Å². The van der Waals surface area contributed by atoms with E-state index in [9.17, 15) is 4.79 Å². The number of rotatable bonds is 2. The van der Waals surface area contributed by atoms with Gasteiger partial charge in [-0.25, -0.2) is 4.79 Å². The summed E-state index contributed by atoms with van der Waals surface area (Å²) < 4.78 is 0. The molecule has 0 atom stereocenters. The van der Waals surface area contributed by atoms with Crippen molar-refractivity contribution in [1.82, 2.24) is 9.80 Å². The number of para-hydroxylation sites is 1. The summed E-state index contributed by atoms with van der Waals surface area (Å²) in [5.74, 6) is 0. The lowest BCUT2D eigenvalue weighted by molar-refractivity contribution is 0.159. The highest BCUT2D eigenvalue weighted by Crippen LogP contribution is 2.15. The summed E-state index contributed by atoms with van der Waals surface area (Å²) in [4.78, 5) is 18.5. The van der Waals surface area contributed by atoms with E-state index in [1.54, 1.807) is 0 Å². The number of piperazine rings is 1. The van der Waals surface area contributed by atoms with Crippen LogP contribution in [0.3, 0.4) is 0 Å². The fraction of sp³-hybridized carbons (Fsp3) is 0.500. The van der Waals surface area contributed by atoms with Crippen LogP contribution >= 0.6 is 0 Å². The van der Waals surface area contributed by atoms with Gasteiger partial charge in [-0.1, -0.05) is 18.2 Å². The molecule has 1 aromatic rings. The van der Waals surface area contributed by atoms with Crippen molar-refractivity contribution < 1.29 is 4.79 Å². The first kappa shape index (κ1) is 12.9. The Balaban J connectivity index is 2.06. The number of anilines is 1. The number of amides is 2. The minimum atomic E-state index is 0.122. The van der Waals surface area contributed by atoms with E-state index in [4.69, 9.17) is 0 Å². The summed E-state index contributed by atoms with van der Waals surface area (Å²) in [6, 6.07) is 9.99. The van der Waals surface area contributed by atoms with Gasteiger partial charge in [0.15, 0.2) is 0 Å². The van der Waals surface area contributed by atoms with Gasteiger partial charge in [-0.3, -0.25) is 4.90 Å². The highest BCUT2D eigenvalue weighted by molar-refractivity contribution is 5.92. The second kappa shape index (κ2) is 5.87. The number of hydrogen-bond acceptors (Lipinski definition) is 2. The summed E-state index contributed by atoms with van der Waals surface area (Å²) in [7, 11) is 2.09. The van der Waals surface area contributed by atoms with Gasteiger partial charge in [0.2, 0.25) is 0 Å². The Hall–Kier alpha value is -1.55. The van der Waals surface area contributed by atoms with E-state index in [1.165, 1.54) is 0 Å². The molecule has 18 heavy (non-hydrogen) atoms. The maximum atomic E-state index is 12.5. The molecule has 0 unspecified atom stereocenters. The maximum Gasteiger partial charge on any atom is 0.324 e. The van der Waals surface area contributed by atoms with Gasteiger partial charge in [-0.2, -0.15) is 0 Å². The third-order valence-electron chi connectivity index (χ3n) is 3.39. The van der Waals surface area contributed by atoms with Gasteiger partial charge in [-0.15, -0.1) is 0 Å². The topological polar surface area (TPSA) is 26.8 Å². The standard InChI is InChI=1S/C14H21N3O/c1-3-17(13-7-5-4-6-8-13)14(18)16-11-9-15(2)10-12-16/h4-8H,3,9-12H2,1-2H3. The van der Waals surface area contributed by atoms with Crippen LogP contribution in [0, 0.1) is 0 Å². The van der Waals surface area contributed by atoms with Crippen LogP contribution in [-0.4, -0.2) is 55.6 Å². The van der Waals surface area contributed by atoms with Crippen molar-refractivity contribution in [1.29, 1.82) is 0 Å². The molecule has 1 fully saturated rings. The van der Waals surface area contributed by atoms with E-state index in [-0.39, 0.29) is 6.03 Å². The van der Waals surface area contributed by atoms with Crippen molar-refractivity contribution in [3.05, 3.63) is 30.3 Å². The van der Waals surface area contributed by atoms with Crippen molar-refractivity contribution in [2.24, 2.45) is 0 Å². The zero-order valence-corrected chi connectivity index (χ0v) is 11.2. The van der Waals surface area contributed by atoms with E-state index >= 15 is 0 Å². The molecular weight excluding hydrogens is 226 g/mol. The monoisotopic (exact) mass is 247 g/mol. The number of hydrogen-bond donors (Lipinski definition) is 0. The number of likely N-dealkylation sites (N-methyl/N-ethyl adjacent to an activating group) is 1. The molecule has 0 N–H and O–H groups in total. The Bertz CT molecular complexity index is 385. The van der Waals surface area contributed by atoms with Crippen LogP contribution in [0.25, 0.3) is 0 Å². The van der Waals surface area contributed by atoms with E-state index < -0.39 is 0 Å². The molecule has 1 aliphatic heterocycles. The predicted molar refractivity (Wildman–Crippen MR) is 73.9 cm³/mol. The minimum Gasteiger partial charge on any atom is -0.322 e. The number of benzene rings is 1. The molecule has 0 radical (unpaired) electrons. The molecule has 1 heterocycles. The molecular formula is C14H21N3O. The van der Waals surface area contributed by atoms with Crippen LogP contribution in [0.1, 0.15) is 6.92 Å². The fourth-order valence-corrected chi connectivity index (χ4v) is 2.20. The molecule has 0 bridgehead atoms. The third kappa shape index (κ3) is 2.82. The quantitative estimate of drug-likeness (QED) is 0.798. The van der Waals surface area contributed by atoms with E-state index in [2.05, 4.69) is 11.9 Å². The number of urea groups is 1. The summed E-state index contributed by atoms with van der Waals surface area (Å²) >= 11 is 0. The Morgan fingerprint density at radius 2 is 1.78 bits per heavy atom. The Kier molecular flexibility index (Phi) is 4.20. The van der Waals surface area contributed by atoms with E-state index in [0.29, 0.717) is 6.54 Å². The zero-order valence-electron chi connectivity index (χ0n) is 11.2. The highest BCUT2D eigenvalue weighted by Gasteiger charge is 2.23. The van der Waals surface area contributed by atoms with Crippen molar-refractivity contribution >= 4 is 11.7 Å². The first-order valence-corrected chi connectivity index (χ1v) is 6.52. The normalized spacial score (nSPS) is 16.7. The van der Waals surface area contributed by atoms with Crippen LogP contribution in [-0.2, 0) is 0 Å². The molecule has 0 aliphatic carbocycles. The first-order valence-electron chi connectivity index (χ1n) is 6.52. The third-order valence-corrected chi connectivity index (χ3v) is 3.39. The molecule has 0 saturated carbocycles. The second-order valence-corrected chi connectivity index (χ2v) is 4.65. The van der Waals surface area contributed by atoms with Crippen molar-refractivity contribution in [3.8, 4) is 0 Å². The van der Waals surface area contributed by atoms with Gasteiger partial charge in [0.1, 0.15) is 0 Å². The van der Waals surface area contributed by atoms with Crippen LogP contribution in [0.4, 0.5) is 10.5 Å². The van der Waals surface area contributed by atoms with Gasteiger partial charge >= 0.3 is 6.03 Å². The molecule has 4 nitrogen and oxygen atoms in total. The lowest BCUT2D eigenvalue weighted by atomic mass is 10.3. The zero-order chi connectivity index (χ0) is 13.0. The van der Waals surface area contributed by atoms with Gasteiger partial charge in [0.25, 0.3) is 0 Å². The van der Waals surface area contributed by atoms with Crippen molar-refractivity contribution in [2.75, 3.05) is 44.7 Å². The molecule has 0 spiro atoms. The maximum absolute atomic E-state index is 12.5. The average molecular weight is 247 g/mol. The van der Waals surface area contributed by atoms with Crippen LogP contribution in [0.2, 0.25) is 0 Å². The molecule has 1 aliphatic rings. The van der Waals surface area contributed by atoms with Gasteiger partial charge < -0.3 is 9.80 Å². The lowest BCUT2D eigenvalue weighted by Gasteiger charge is -2.35. The summed E-state index contributed by atoms with van der Waals surface area (Å²) in [6.45, 7) is 6.27. The summed E-state index contributed by atoms with van der Waals surface area (Å²) in [6.07, 6.45) is 0. The number of carbonyl (C=O) groups excluding carboxylic acids is 1. The Labute approximate surface area is 109 Å². The molecule has 4 heteroatoms. The SMILES string of the molecule is CCN(C(=O)N1CCN(C)CC1)c1ccccc1. The summed E-state index contributed by atoms with van der Waals surface area (Å²) in [5.41, 5.74) is 0.976. The largest absolute Gasteiger partial charge is 0.324 e. The Morgan fingerprint density at radius 1 is 1.17 bits per heavy atom. The average Bonchev–Trinajstić information content (AvgIpc) is 2.41. The van der Waals surface area contributed by atoms with Gasteiger partial charge in [-0.05, 0) is 26.1 Å². The smallest absolute Gasteiger partial charge is 0.322 e. The van der Waals surface area contributed by atoms with Crippen LogP contribution < -0.4 is 4.90 Å². The van der Waals surface area contributed by atoms with Crippen LogP contribution in [0.5, 0.6) is 0 Å². The number of carbonyl (C=O) groups is 1. The predicted octanol–water partition coefficient (Wildman–Crippen LogP) is 1.88. The molecule has 1 saturated heterocycles. The minimum absolute atomic E-state index is 0.122. The lowest BCUT2D eigenvalue weighted by Crippen LogP contribution is -2.52. The fourth-order valence-electron chi connectivity index (χ4n) is 2.20. The molecule has 0 aromatic heterocycles. The van der Waals surface area contributed by atoms with Gasteiger partial charge in [0.05, 0.1) is 0 Å². The highest BCUT2D eigenvalue weighted by atomic mass is 16.2. The number of nitrogens with zero attached hydrogens (tertiary/aromatic N) is 3. The first-order chi connectivity index (χ1) is 8.72.